The molecule has 2 amide bonds. The Hall–Kier alpha value is -3.00. The van der Waals surface area contributed by atoms with Crippen LogP contribution in [0.2, 0.25) is 5.02 Å². The number of ether oxygens (including phenoxy) is 2. The van der Waals surface area contributed by atoms with Gasteiger partial charge in [0.2, 0.25) is 5.91 Å². The molecule has 9 heteroatoms. The first-order valence-corrected chi connectivity index (χ1v) is 7.90. The highest BCUT2D eigenvalue weighted by Gasteiger charge is 2.13. The maximum atomic E-state index is 12.2. The second kappa shape index (κ2) is 8.91. The number of hydrogen-bond acceptors (Lipinski definition) is 6. The van der Waals surface area contributed by atoms with E-state index in [0.29, 0.717) is 27.9 Å². The van der Waals surface area contributed by atoms with E-state index in [9.17, 15) is 9.59 Å². The van der Waals surface area contributed by atoms with Crippen LogP contribution in [0.15, 0.2) is 40.0 Å². The predicted octanol–water partition coefficient (Wildman–Crippen LogP) is 3.08. The average molecular weight is 380 g/mol. The lowest BCUT2D eigenvalue weighted by molar-refractivity contribution is -0.115. The van der Waals surface area contributed by atoms with Crippen LogP contribution in [0.5, 0.6) is 11.5 Å². The molecule has 0 unspecified atom stereocenters. The Kier molecular flexibility index (Phi) is 6.62. The van der Waals surface area contributed by atoms with Gasteiger partial charge in [-0.2, -0.15) is 5.10 Å². The number of hydrazone groups is 1. The molecule has 0 radical (unpaired) electrons. The fraction of sp³-hybridized carbons (Fsp3) is 0.235. The topological polar surface area (TPSA) is 102 Å². The summed E-state index contributed by atoms with van der Waals surface area (Å²) in [5.74, 6) is 0.0766. The number of carbonyl (C=O) groups excluding carboxylic acids is 2. The normalized spacial score (nSPS) is 11.0. The van der Waals surface area contributed by atoms with E-state index in [-0.39, 0.29) is 18.1 Å². The lowest BCUT2D eigenvalue weighted by atomic mass is 10.2. The molecule has 0 aliphatic rings. The predicted molar refractivity (Wildman–Crippen MR) is 97.1 cm³/mol. The van der Waals surface area contributed by atoms with E-state index in [1.54, 1.807) is 25.1 Å². The van der Waals surface area contributed by atoms with Crippen molar-refractivity contribution in [2.45, 2.75) is 13.3 Å². The number of rotatable bonds is 7. The maximum absolute atomic E-state index is 12.2. The lowest BCUT2D eigenvalue weighted by Crippen LogP contribution is -2.21. The second-order valence-corrected chi connectivity index (χ2v) is 5.58. The Labute approximate surface area is 155 Å². The zero-order chi connectivity index (χ0) is 19.1. The summed E-state index contributed by atoms with van der Waals surface area (Å²) in [6.45, 7) is 1.61. The molecule has 1 aromatic heterocycles. The van der Waals surface area contributed by atoms with Crippen molar-refractivity contribution in [2.75, 3.05) is 19.5 Å². The van der Waals surface area contributed by atoms with Gasteiger partial charge in [0.15, 0.2) is 5.76 Å². The van der Waals surface area contributed by atoms with Crippen LogP contribution >= 0.6 is 11.6 Å². The van der Waals surface area contributed by atoms with E-state index in [2.05, 4.69) is 15.8 Å². The molecule has 8 nitrogen and oxygen atoms in total. The van der Waals surface area contributed by atoms with Crippen molar-refractivity contribution in [1.82, 2.24) is 5.43 Å². The summed E-state index contributed by atoms with van der Waals surface area (Å²) >= 11 is 6.03. The second-order valence-electron chi connectivity index (χ2n) is 5.18. The highest BCUT2D eigenvalue weighted by molar-refractivity contribution is 6.32. The van der Waals surface area contributed by atoms with Gasteiger partial charge < -0.3 is 19.2 Å². The monoisotopic (exact) mass is 379 g/mol. The molecular weight excluding hydrogens is 362 g/mol. The van der Waals surface area contributed by atoms with Gasteiger partial charge in [0.1, 0.15) is 11.5 Å². The molecule has 1 aromatic carbocycles. The SMILES string of the molecule is COc1cc(NC(=O)CC(C)=NNC(=O)c2ccco2)c(OC)cc1Cl. The molecule has 26 heavy (non-hydrogen) atoms. The first-order chi connectivity index (χ1) is 12.4. The van der Waals surface area contributed by atoms with Crippen LogP contribution < -0.4 is 20.2 Å². The minimum Gasteiger partial charge on any atom is -0.495 e. The number of benzene rings is 1. The molecule has 0 saturated heterocycles. The molecule has 0 bridgehead atoms. The molecule has 0 fully saturated rings. The van der Waals surface area contributed by atoms with Gasteiger partial charge in [0, 0.05) is 17.8 Å². The van der Waals surface area contributed by atoms with E-state index in [1.165, 1.54) is 26.5 Å². The standard InChI is InChI=1S/C17H18ClN3O5/c1-10(20-21-17(23)13-5-4-6-26-13)7-16(22)19-12-9-14(24-2)11(18)8-15(12)25-3/h4-6,8-9H,7H2,1-3H3,(H,19,22)(H,21,23). The van der Waals surface area contributed by atoms with Crippen LogP contribution in [0.25, 0.3) is 0 Å². The number of anilines is 1. The van der Waals surface area contributed by atoms with E-state index in [1.807, 2.05) is 0 Å². The van der Waals surface area contributed by atoms with Crippen molar-refractivity contribution in [3.8, 4) is 11.5 Å². The van der Waals surface area contributed by atoms with Gasteiger partial charge in [-0.3, -0.25) is 9.59 Å². The van der Waals surface area contributed by atoms with Crippen molar-refractivity contribution in [1.29, 1.82) is 0 Å². The van der Waals surface area contributed by atoms with E-state index in [4.69, 9.17) is 25.5 Å². The van der Waals surface area contributed by atoms with Crippen LogP contribution in [-0.4, -0.2) is 31.7 Å². The Morgan fingerprint density at radius 3 is 2.58 bits per heavy atom. The molecular formula is C17H18ClN3O5. The quantitative estimate of drug-likeness (QED) is 0.568. The van der Waals surface area contributed by atoms with Gasteiger partial charge in [-0.05, 0) is 19.1 Å². The Morgan fingerprint density at radius 1 is 1.23 bits per heavy atom. The van der Waals surface area contributed by atoms with Crippen LogP contribution in [0, 0.1) is 0 Å². The van der Waals surface area contributed by atoms with Crippen LogP contribution in [0.3, 0.4) is 0 Å². The first kappa shape index (κ1) is 19.3. The van der Waals surface area contributed by atoms with E-state index < -0.39 is 5.91 Å². The number of nitrogens with one attached hydrogen (secondary N) is 2. The van der Waals surface area contributed by atoms with Crippen molar-refractivity contribution < 1.29 is 23.5 Å². The smallest absolute Gasteiger partial charge is 0.307 e. The number of amides is 2. The Morgan fingerprint density at radius 2 is 1.96 bits per heavy atom. The first-order valence-electron chi connectivity index (χ1n) is 7.53. The Bertz CT molecular complexity index is 818. The molecule has 0 saturated carbocycles. The molecule has 2 rings (SSSR count). The van der Waals surface area contributed by atoms with Gasteiger partial charge in [-0.1, -0.05) is 11.6 Å². The summed E-state index contributed by atoms with van der Waals surface area (Å²) in [7, 11) is 2.93. The minimum atomic E-state index is -0.501. The number of carbonyl (C=O) groups is 2. The highest BCUT2D eigenvalue weighted by atomic mass is 35.5. The maximum Gasteiger partial charge on any atom is 0.307 e. The summed E-state index contributed by atoms with van der Waals surface area (Å²) in [4.78, 5) is 23.9. The van der Waals surface area contributed by atoms with Gasteiger partial charge >= 0.3 is 5.91 Å². The third kappa shape index (κ3) is 5.00. The summed E-state index contributed by atoms with van der Waals surface area (Å²) in [6.07, 6.45) is 1.35. The summed E-state index contributed by atoms with van der Waals surface area (Å²) in [6, 6.07) is 6.20. The average Bonchev–Trinajstić information content (AvgIpc) is 3.15. The van der Waals surface area contributed by atoms with Crippen molar-refractivity contribution >= 4 is 34.8 Å². The number of halogens is 1. The highest BCUT2D eigenvalue weighted by Crippen LogP contribution is 2.35. The molecule has 0 atom stereocenters. The van der Waals surface area contributed by atoms with Crippen molar-refractivity contribution in [3.63, 3.8) is 0 Å². The zero-order valence-electron chi connectivity index (χ0n) is 14.5. The number of furan rings is 1. The lowest BCUT2D eigenvalue weighted by Gasteiger charge is -2.13. The zero-order valence-corrected chi connectivity index (χ0v) is 15.2. The fourth-order valence-electron chi connectivity index (χ4n) is 2.03. The van der Waals surface area contributed by atoms with Gasteiger partial charge in [0.25, 0.3) is 0 Å². The van der Waals surface area contributed by atoms with Crippen molar-refractivity contribution in [2.24, 2.45) is 5.10 Å². The largest absolute Gasteiger partial charge is 0.495 e. The van der Waals surface area contributed by atoms with Gasteiger partial charge in [0.05, 0.1) is 37.6 Å². The van der Waals surface area contributed by atoms with Gasteiger partial charge in [-0.15, -0.1) is 0 Å². The third-order valence-electron chi connectivity index (χ3n) is 3.26. The Balaban J connectivity index is 1.99. The fourth-order valence-corrected chi connectivity index (χ4v) is 2.26. The molecule has 0 spiro atoms. The molecule has 1 heterocycles. The van der Waals surface area contributed by atoms with Crippen LogP contribution in [-0.2, 0) is 4.79 Å². The molecule has 2 N–H and O–H groups in total. The van der Waals surface area contributed by atoms with E-state index in [0.717, 1.165) is 0 Å². The van der Waals surface area contributed by atoms with Crippen LogP contribution in [0.4, 0.5) is 5.69 Å². The van der Waals surface area contributed by atoms with Crippen molar-refractivity contribution in [3.05, 3.63) is 41.3 Å². The number of methoxy groups -OCH3 is 2. The summed E-state index contributed by atoms with van der Waals surface area (Å²) in [5, 5.41) is 6.93. The minimum absolute atomic E-state index is 0.0352. The molecule has 138 valence electrons. The molecule has 0 aliphatic heterocycles. The van der Waals surface area contributed by atoms with Gasteiger partial charge in [-0.25, -0.2) is 5.43 Å². The number of nitrogens with zero attached hydrogens (tertiary/aromatic N) is 1. The molecule has 2 aromatic rings. The van der Waals surface area contributed by atoms with E-state index >= 15 is 0 Å². The molecule has 0 aliphatic carbocycles. The summed E-state index contributed by atoms with van der Waals surface area (Å²) in [5.41, 5.74) is 3.13. The number of hydrogen-bond donors (Lipinski definition) is 2. The summed E-state index contributed by atoms with van der Waals surface area (Å²) < 4.78 is 15.3. The van der Waals surface area contributed by atoms with Crippen LogP contribution in [0.1, 0.15) is 23.9 Å². The third-order valence-corrected chi connectivity index (χ3v) is 3.55.